The Balaban J connectivity index is -0.0000000223. The second-order valence-electron chi connectivity index (χ2n) is 18.7. The number of nitrogens with one attached hydrogen (secondary N) is 1. The molecule has 0 aromatic heterocycles. The van der Waals surface area contributed by atoms with Gasteiger partial charge in [-0.25, -0.2) is 4.84 Å². The fraction of sp³-hybridized carbons (Fsp3) is 0.343. The third-order valence-corrected chi connectivity index (χ3v) is 11.5. The van der Waals surface area contributed by atoms with Crippen molar-refractivity contribution in [1.82, 2.24) is 4.84 Å². The number of ether oxygens (including phenoxy) is 5. The van der Waals surface area contributed by atoms with E-state index in [0.717, 1.165) is 52.6 Å². The van der Waals surface area contributed by atoms with Gasteiger partial charge in [-0.05, 0) is 50.3 Å². The van der Waals surface area contributed by atoms with Gasteiger partial charge in [-0.3, -0.25) is 53.1 Å². The van der Waals surface area contributed by atoms with Crippen molar-refractivity contribution in [2.75, 3.05) is 28.4 Å². The molecular weight excluding hydrogens is 5720 g/mol. The first-order valence-corrected chi connectivity index (χ1v) is 27.9. The molecule has 0 amide bonds. The summed E-state index contributed by atoms with van der Waals surface area (Å²) in [4.78, 5) is 91.8. The third-order valence-electron chi connectivity index (χ3n) is 11.2. The molecule has 0 saturated heterocycles. The Bertz CT molecular complexity index is 2960. The molecule has 30 nitrogen and oxygen atoms in total. The molecule has 56 heteroatoms. The monoisotopic (exact) mass is 5810 g/mol. The van der Waals surface area contributed by atoms with Crippen molar-refractivity contribution in [1.29, 1.82) is 0 Å². The van der Waals surface area contributed by atoms with Crippen LogP contribution in [0, 0.1) is 60.1 Å². The minimum absolute atomic E-state index is 0. The molecule has 6 atom stereocenters. The number of nitrogens with zero attached hydrogens (tertiary/aromatic N) is 9. The average Bonchev–Trinajstić information content (AvgIpc) is 0.949. The van der Waals surface area contributed by atoms with Crippen LogP contribution in [-0.4, -0.2) is 120 Å². The number of halogens is 1. The molecule has 0 spiro atoms. The Labute approximate surface area is 1080 Å². The normalized spacial score (nSPS) is 8.29. The van der Waals surface area contributed by atoms with E-state index in [1.165, 1.54) is 57.0 Å². The molecule has 680 valence electrons. The van der Waals surface area contributed by atoms with Crippen LogP contribution in [0.5, 0.6) is 0 Å². The molecule has 6 aromatic carbocycles. The minimum atomic E-state index is -0.970. The van der Waals surface area contributed by atoms with Crippen molar-refractivity contribution in [2.45, 2.75) is 99.6 Å². The average molecular weight is 5810 g/mol. The molecule has 0 saturated carbocycles. The summed E-state index contributed by atoms with van der Waals surface area (Å²) >= 11 is 5.43. The van der Waals surface area contributed by atoms with E-state index < -0.39 is 36.0 Å². The van der Waals surface area contributed by atoms with Gasteiger partial charge in [-0.2, -0.15) is 215 Å². The summed E-state index contributed by atoms with van der Waals surface area (Å²) in [6.07, 6.45) is 3.63. The minimum Gasteiger partial charge on any atom is -0.870 e. The van der Waals surface area contributed by atoms with E-state index in [1.807, 2.05) is 130 Å². The first-order chi connectivity index (χ1) is 44.2. The van der Waals surface area contributed by atoms with Crippen LogP contribution in [0.25, 0.3) is 47.9 Å². The molecule has 0 fully saturated rings. The summed E-state index contributed by atoms with van der Waals surface area (Å²) in [5.41, 5.74) is 52.2. The van der Waals surface area contributed by atoms with Crippen LogP contribution >= 0.6 is 11.8 Å². The Morgan fingerprint density at radius 2 is 0.512 bits per heavy atom. The Hall–Kier alpha value is 6.38. The van der Waals surface area contributed by atoms with Gasteiger partial charge in [0.2, 0.25) is 0 Å². The van der Waals surface area contributed by atoms with E-state index in [4.69, 9.17) is 60.9 Å². The zero-order valence-electron chi connectivity index (χ0n) is 66.0. The summed E-state index contributed by atoms with van der Waals surface area (Å²) in [5.74, 6) is -4.23. The molecule has 12 N–H and O–H groups in total. The van der Waals surface area contributed by atoms with Crippen LogP contribution in [-0.2, 0) is 606 Å². The summed E-state index contributed by atoms with van der Waals surface area (Å²) < 4.78 is 22.5. The van der Waals surface area contributed by atoms with Crippen LogP contribution in [0.2, 0.25) is 0 Å². The first kappa shape index (κ1) is 234. The summed E-state index contributed by atoms with van der Waals surface area (Å²) in [6, 6.07) is 60.7. The predicted molar refractivity (Wildman–Crippen MR) is 367 cm³/mol. The smallest absolute Gasteiger partial charge is 0.870 e. The number of carboxylic acids is 2. The van der Waals surface area contributed by atoms with Gasteiger partial charge < -0.3 is 94.7 Å². The third kappa shape index (κ3) is 151. The zero-order chi connectivity index (χ0) is 71.4. The number of carbonyl (C=O) groups is 8. The molecular formula is C67H88ClLiN11O19W24-3. The molecule has 0 aliphatic heterocycles. The molecule has 0 aliphatic carbocycles. The summed E-state index contributed by atoms with van der Waals surface area (Å²) in [6.45, 7) is 9.66. The van der Waals surface area contributed by atoms with E-state index in [0.29, 0.717) is 19.3 Å². The van der Waals surface area contributed by atoms with Crippen molar-refractivity contribution < 1.29 is 619 Å². The van der Waals surface area contributed by atoms with E-state index in [9.17, 15) is 38.4 Å². The Morgan fingerprint density at radius 1 is 0.358 bits per heavy atom. The number of carbonyl (C=O) groups excluding carboxylic acids is 6. The molecule has 0 heterocycles. The second-order valence-corrected chi connectivity index (χ2v) is 18.9. The Kier molecular flexibility index (Phi) is 320. The standard InChI is InChI=1S/3C11H13O2.C10H11ClNO2.C10H11O2.C9H10NO2.C4H6O3.CH4.Li.3N3.4H2O.24W/c3*1-9(11(12)13-2)8-10-6-4-3-5-7-10;1-14-10(13)9(12-11)7-8-5-3-2-4-6-8;1-8(10(11)12)7-9-5-3-2-4-6-9;10-8(9(11)12)6-7-4-2-1-3-5-7;1-3(5)7-4(2)6;;;3*1-3-2;;;;;;;;;;;;;;;;;;;;;;;;;;;;/h3*4-7,9H,8H2,1-2H3;3-6,9,12H,7H2,1H3;3-6,8H,7H2,1H3,(H,11,12);2-5,8H,6,10H2,(H,11,12);1-2H3;1H4;;;;;4*1H2;;;;;;;;;;;;;;;;;;;;;;;;/q6*-1;;;+1;3*-1;;;;;;;;;;;;;;;;;;;;;;;;;;3*+2/p-1/t4*9-;2*8-;;;;;;;;;;;;;;;;;;;;;;;;;;;;;;;;;;/m000000................................../s1. The molecule has 6 rings (SSSR count). The largest absolute Gasteiger partial charge is 2.00 e. The van der Waals surface area contributed by atoms with E-state index >= 15 is 0 Å². The van der Waals surface area contributed by atoms with Crippen molar-refractivity contribution >= 4 is 59.5 Å². The van der Waals surface area contributed by atoms with Crippen molar-refractivity contribution in [3.63, 3.8) is 0 Å². The molecule has 0 bridgehead atoms. The van der Waals surface area contributed by atoms with Gasteiger partial charge in [0, 0.05) is 456 Å². The predicted octanol–water partition coefficient (Wildman–Crippen LogP) is 6.64. The van der Waals surface area contributed by atoms with Crippen molar-refractivity contribution in [3.05, 3.63) is 263 Å². The number of carboxylic acid groups (broad SMARTS) is 2. The second kappa shape index (κ2) is 168. The number of rotatable bonds is 19. The maximum absolute atomic E-state index is 11.2. The van der Waals surface area contributed by atoms with Crippen LogP contribution < -0.4 is 29.4 Å². The molecule has 0 aliphatic rings. The fourth-order valence-corrected chi connectivity index (χ4v) is 6.95. The molecule has 123 heavy (non-hydrogen) atoms. The van der Waals surface area contributed by atoms with Crippen LogP contribution in [0.4, 0.5) is 0 Å². The van der Waals surface area contributed by atoms with Crippen LogP contribution in [0.15, 0.2) is 146 Å². The van der Waals surface area contributed by atoms with E-state index in [1.54, 1.807) is 43.3 Å². The van der Waals surface area contributed by atoms with Gasteiger partial charge in [0.25, 0.3) is 0 Å². The molecule has 6 aromatic rings. The number of nitrogens with two attached hydrogens (primary N) is 1. The van der Waals surface area contributed by atoms with Crippen LogP contribution in [0.3, 0.4) is 0 Å². The zero-order valence-corrected chi connectivity index (χ0v) is 137. The van der Waals surface area contributed by atoms with Gasteiger partial charge >= 0.3 is 130 Å². The molecule has 0 radical (unpaired) electrons. The number of hydrogen-bond donors (Lipinski definition) is 4. The maximum Gasteiger partial charge on any atom is 2.00 e. The number of hydrogen-bond acceptors (Lipinski definition) is 16. The van der Waals surface area contributed by atoms with Gasteiger partial charge in [0.15, 0.2) is 0 Å². The van der Waals surface area contributed by atoms with E-state index in [2.05, 4.69) is 64.9 Å². The van der Waals surface area contributed by atoms with Gasteiger partial charge in [-0.15, -0.1) is 0 Å². The number of methoxy groups -OCH3 is 4. The topological polar surface area (TPSA) is 562 Å². The van der Waals surface area contributed by atoms with Crippen LogP contribution in [0.1, 0.15) is 82.3 Å². The van der Waals surface area contributed by atoms with Crippen molar-refractivity contribution in [3.8, 4) is 0 Å². The number of esters is 6. The summed E-state index contributed by atoms with van der Waals surface area (Å²) in [7, 11) is 5.58. The number of aliphatic carboxylic acids is 2. The quantitative estimate of drug-likeness (QED) is 0.00759. The number of benzene rings is 6. The SMILES string of the molecule is C.CC(=O)OC(C)=O.COC(=O)[C@@H](C)Cc1cc[c-]cc1.COC(=O)[C@@H](C)Cc1cc[c-]cc1.COC(=O)[C@@H](C)Cc1cc[c-]cc1.COC(=O)[C@H](Cc1cc[c-]cc1)NCl.C[C@@H](Cc1cc[c-]cc1)C(=O)O.N[C@@H](Cc1cc[c-]cc1)C(=O)O.O.O.O.[Li+].[N-]=[N+]=[N-].[N-]=[N+]=[N-].[N-]=[N+]=[N-].[OH-].[W+2].[W+2].[W+2].[W].[W].[W].[W].[W].[W].[W].[W].[W].[W].[W].[W].[W].[W].[W].[W].[W].[W].[W].[W].[W]. The van der Waals surface area contributed by atoms with E-state index in [-0.39, 0.29) is 601 Å². The maximum atomic E-state index is 11.2. The first-order valence-electron chi connectivity index (χ1n) is 27.5. The van der Waals surface area contributed by atoms with Gasteiger partial charge in [0.05, 0.1) is 52.1 Å². The van der Waals surface area contributed by atoms with Crippen molar-refractivity contribution in [2.24, 2.45) is 29.4 Å². The van der Waals surface area contributed by atoms with Gasteiger partial charge in [0.1, 0.15) is 12.1 Å². The Morgan fingerprint density at radius 3 is 0.642 bits per heavy atom. The fourth-order valence-electron chi connectivity index (χ4n) is 6.79. The summed E-state index contributed by atoms with van der Waals surface area (Å²) in [5, 5.41) is 17.1. The molecule has 0 unspecified atom stereocenters. The van der Waals surface area contributed by atoms with Gasteiger partial charge in [-0.1, -0.05) is 35.1 Å².